The van der Waals surface area contributed by atoms with Crippen LogP contribution >= 0.6 is 12.4 Å². The maximum Gasteiger partial charge on any atom is 0.416 e. The molecule has 0 atom stereocenters. The van der Waals surface area contributed by atoms with Crippen molar-refractivity contribution in [3.05, 3.63) is 29.6 Å². The smallest absolute Gasteiger partial charge is 0.322 e. The summed E-state index contributed by atoms with van der Waals surface area (Å²) in [5.41, 5.74) is 2.95. The van der Waals surface area contributed by atoms with E-state index in [0.717, 1.165) is 0 Å². The minimum Gasteiger partial charge on any atom is -0.322 e. The van der Waals surface area contributed by atoms with Gasteiger partial charge >= 0.3 is 6.18 Å². The van der Waals surface area contributed by atoms with Gasteiger partial charge in [-0.1, -0.05) is 0 Å². The number of hydrogen-bond donors (Lipinski definition) is 2. The normalized spacial score (nSPS) is 16.5. The minimum absolute atomic E-state index is 0. The van der Waals surface area contributed by atoms with Crippen LogP contribution in [-0.4, -0.2) is 11.4 Å². The van der Waals surface area contributed by atoms with Gasteiger partial charge in [-0.25, -0.2) is 4.39 Å². The molecule has 0 heterocycles. The van der Waals surface area contributed by atoms with Gasteiger partial charge in [-0.3, -0.25) is 4.79 Å². The first-order chi connectivity index (χ1) is 8.22. The number of nitrogens with one attached hydrogen (secondary N) is 1. The van der Waals surface area contributed by atoms with Crippen molar-refractivity contribution in [1.29, 1.82) is 0 Å². The van der Waals surface area contributed by atoms with Crippen LogP contribution in [0.4, 0.5) is 23.2 Å². The number of hydrogen-bond acceptors (Lipinski definition) is 2. The zero-order valence-electron chi connectivity index (χ0n) is 9.55. The molecule has 1 aliphatic rings. The van der Waals surface area contributed by atoms with E-state index in [-0.39, 0.29) is 12.4 Å². The lowest BCUT2D eigenvalue weighted by Crippen LogP contribution is -2.38. The number of amides is 1. The third-order valence-corrected chi connectivity index (χ3v) is 2.78. The summed E-state index contributed by atoms with van der Waals surface area (Å²) in [5, 5.41) is 2.09. The highest BCUT2D eigenvalue weighted by molar-refractivity contribution is 6.00. The van der Waals surface area contributed by atoms with E-state index in [1.165, 1.54) is 0 Å². The molecule has 0 unspecified atom stereocenters. The lowest BCUT2D eigenvalue weighted by molar-refractivity contribution is -0.137. The Bertz CT molecular complexity index is 500. The zero-order chi connectivity index (χ0) is 13.6. The van der Waals surface area contributed by atoms with Crippen molar-refractivity contribution < 1.29 is 22.4 Å². The molecule has 0 radical (unpaired) electrons. The number of benzene rings is 1. The van der Waals surface area contributed by atoms with Crippen LogP contribution in [0.3, 0.4) is 0 Å². The van der Waals surface area contributed by atoms with E-state index in [2.05, 4.69) is 5.32 Å². The summed E-state index contributed by atoms with van der Waals surface area (Å²) >= 11 is 0. The van der Waals surface area contributed by atoms with Crippen LogP contribution in [0.25, 0.3) is 0 Å². The Balaban J connectivity index is 0.00000180. The van der Waals surface area contributed by atoms with E-state index in [1.54, 1.807) is 0 Å². The zero-order valence-corrected chi connectivity index (χ0v) is 10.4. The van der Waals surface area contributed by atoms with Gasteiger partial charge in [0.25, 0.3) is 0 Å². The molecule has 0 spiro atoms. The number of anilines is 1. The average molecular weight is 299 g/mol. The van der Waals surface area contributed by atoms with Crippen LogP contribution in [0.1, 0.15) is 18.4 Å². The van der Waals surface area contributed by atoms with Crippen LogP contribution < -0.4 is 11.1 Å². The molecule has 1 amide bonds. The summed E-state index contributed by atoms with van der Waals surface area (Å²) in [5.74, 6) is -1.60. The Morgan fingerprint density at radius 1 is 1.32 bits per heavy atom. The monoisotopic (exact) mass is 298 g/mol. The fourth-order valence-electron chi connectivity index (χ4n) is 1.41. The summed E-state index contributed by atoms with van der Waals surface area (Å²) in [4.78, 5) is 11.5. The molecule has 19 heavy (non-hydrogen) atoms. The van der Waals surface area contributed by atoms with E-state index in [9.17, 15) is 22.4 Å². The predicted molar refractivity (Wildman–Crippen MR) is 63.4 cm³/mol. The van der Waals surface area contributed by atoms with E-state index >= 15 is 0 Å². The summed E-state index contributed by atoms with van der Waals surface area (Å²) in [6.45, 7) is 0. The predicted octanol–water partition coefficient (Wildman–Crippen LogP) is 2.70. The summed E-state index contributed by atoms with van der Waals surface area (Å²) in [6.07, 6.45) is -3.70. The van der Waals surface area contributed by atoms with Gasteiger partial charge in [0.2, 0.25) is 5.91 Å². The molecule has 0 bridgehead atoms. The molecule has 3 nitrogen and oxygen atoms in total. The fraction of sp³-hybridized carbons (Fsp3) is 0.364. The van der Waals surface area contributed by atoms with Crippen molar-refractivity contribution in [2.75, 3.05) is 5.32 Å². The molecular formula is C11H11ClF4N2O. The van der Waals surface area contributed by atoms with Crippen LogP contribution in [-0.2, 0) is 11.0 Å². The van der Waals surface area contributed by atoms with Crippen molar-refractivity contribution in [2.45, 2.75) is 24.6 Å². The standard InChI is InChI=1S/C11H10F4N2O.ClH/c12-7-2-1-6(11(13,14)15)5-8(7)17-9(18)10(16)3-4-10;/h1-2,5H,3-4,16H2,(H,17,18);1H. The lowest BCUT2D eigenvalue weighted by Gasteiger charge is -2.13. The number of nitrogens with two attached hydrogens (primary N) is 1. The molecule has 2 rings (SSSR count). The molecule has 0 saturated heterocycles. The van der Waals surface area contributed by atoms with Crippen molar-refractivity contribution in [1.82, 2.24) is 0 Å². The Morgan fingerprint density at radius 2 is 1.89 bits per heavy atom. The van der Waals surface area contributed by atoms with Crippen LogP contribution in [0.2, 0.25) is 0 Å². The minimum atomic E-state index is -4.59. The van der Waals surface area contributed by atoms with Gasteiger partial charge in [-0.15, -0.1) is 12.4 Å². The fourth-order valence-corrected chi connectivity index (χ4v) is 1.41. The molecular weight excluding hydrogens is 288 g/mol. The molecule has 1 saturated carbocycles. The third kappa shape index (κ3) is 3.36. The first-order valence-corrected chi connectivity index (χ1v) is 5.19. The number of carbonyl (C=O) groups is 1. The van der Waals surface area contributed by atoms with E-state index in [0.29, 0.717) is 31.0 Å². The molecule has 0 aliphatic heterocycles. The number of rotatable bonds is 2. The Kier molecular flexibility index (Phi) is 4.11. The van der Waals surface area contributed by atoms with Gasteiger partial charge in [0.1, 0.15) is 5.82 Å². The van der Waals surface area contributed by atoms with Gasteiger partial charge in [0, 0.05) is 0 Å². The van der Waals surface area contributed by atoms with Gasteiger partial charge in [-0.05, 0) is 31.0 Å². The van der Waals surface area contributed by atoms with E-state index in [4.69, 9.17) is 5.73 Å². The molecule has 1 aromatic carbocycles. The van der Waals surface area contributed by atoms with Crippen LogP contribution in [0.5, 0.6) is 0 Å². The molecule has 106 valence electrons. The Hall–Kier alpha value is -1.34. The first kappa shape index (κ1) is 15.7. The second-order valence-electron chi connectivity index (χ2n) is 4.30. The lowest BCUT2D eigenvalue weighted by atomic mass is 10.1. The SMILES string of the molecule is Cl.NC1(C(=O)Nc2cc(C(F)(F)F)ccc2F)CC1. The van der Waals surface area contributed by atoms with Gasteiger partial charge in [0.05, 0.1) is 16.8 Å². The molecule has 1 aliphatic carbocycles. The average Bonchev–Trinajstić information content (AvgIpc) is 2.99. The van der Waals surface area contributed by atoms with E-state index < -0.39 is 34.7 Å². The van der Waals surface area contributed by atoms with Crippen molar-refractivity contribution in [3.63, 3.8) is 0 Å². The molecule has 1 fully saturated rings. The number of alkyl halides is 3. The molecule has 1 aromatic rings. The second-order valence-corrected chi connectivity index (χ2v) is 4.30. The number of halogens is 5. The maximum atomic E-state index is 13.3. The highest BCUT2D eigenvalue weighted by Crippen LogP contribution is 2.35. The highest BCUT2D eigenvalue weighted by Gasteiger charge is 2.46. The maximum absolute atomic E-state index is 13.3. The number of carbonyl (C=O) groups excluding carboxylic acids is 1. The van der Waals surface area contributed by atoms with Crippen molar-refractivity contribution in [3.8, 4) is 0 Å². The van der Waals surface area contributed by atoms with Gasteiger partial charge < -0.3 is 11.1 Å². The first-order valence-electron chi connectivity index (χ1n) is 5.19. The molecule has 0 aromatic heterocycles. The van der Waals surface area contributed by atoms with Gasteiger partial charge in [-0.2, -0.15) is 13.2 Å². The summed E-state index contributed by atoms with van der Waals surface area (Å²) in [6, 6.07) is 1.83. The summed E-state index contributed by atoms with van der Waals surface area (Å²) in [7, 11) is 0. The largest absolute Gasteiger partial charge is 0.416 e. The van der Waals surface area contributed by atoms with Crippen molar-refractivity contribution in [2.24, 2.45) is 5.73 Å². The quantitative estimate of drug-likeness (QED) is 0.825. The van der Waals surface area contributed by atoms with Crippen molar-refractivity contribution >= 4 is 24.0 Å². The molecule has 8 heteroatoms. The van der Waals surface area contributed by atoms with Crippen LogP contribution in [0.15, 0.2) is 18.2 Å². The van der Waals surface area contributed by atoms with Crippen LogP contribution in [0, 0.1) is 5.82 Å². The summed E-state index contributed by atoms with van der Waals surface area (Å²) < 4.78 is 50.6. The molecule has 3 N–H and O–H groups in total. The van der Waals surface area contributed by atoms with Gasteiger partial charge in [0.15, 0.2) is 0 Å². The topological polar surface area (TPSA) is 55.1 Å². The Labute approximate surface area is 112 Å². The van der Waals surface area contributed by atoms with E-state index in [1.807, 2.05) is 0 Å². The Morgan fingerprint density at radius 3 is 2.37 bits per heavy atom. The third-order valence-electron chi connectivity index (χ3n) is 2.78. The second kappa shape index (κ2) is 4.97. The highest BCUT2D eigenvalue weighted by atomic mass is 35.5.